The smallest absolute Gasteiger partial charge is 0.306 e. The summed E-state index contributed by atoms with van der Waals surface area (Å²) < 4.78 is 5.28. The molecule has 5 nitrogen and oxygen atoms in total. The highest BCUT2D eigenvalue weighted by Gasteiger charge is 2.35. The molecule has 0 bridgehead atoms. The summed E-state index contributed by atoms with van der Waals surface area (Å²) >= 11 is 0. The van der Waals surface area contributed by atoms with Gasteiger partial charge in [-0.1, -0.05) is 13.0 Å². The first-order valence-electron chi connectivity index (χ1n) is 7.00. The summed E-state index contributed by atoms with van der Waals surface area (Å²) in [6.07, 6.45) is 1.79. The van der Waals surface area contributed by atoms with Crippen LogP contribution in [0.25, 0.3) is 10.8 Å². The predicted octanol–water partition coefficient (Wildman–Crippen LogP) is 2.40. The molecule has 21 heavy (non-hydrogen) atoms. The van der Waals surface area contributed by atoms with Gasteiger partial charge in [-0.25, -0.2) is 4.98 Å². The number of hydrogen-bond donors (Lipinski definition) is 1. The van der Waals surface area contributed by atoms with Crippen molar-refractivity contribution in [3.05, 3.63) is 30.5 Å². The van der Waals surface area contributed by atoms with E-state index in [0.717, 1.165) is 35.4 Å². The van der Waals surface area contributed by atoms with Crippen LogP contribution in [0.2, 0.25) is 0 Å². The number of aliphatic carboxylic acids is 1. The van der Waals surface area contributed by atoms with Crippen LogP contribution in [-0.2, 0) is 4.79 Å². The zero-order valence-corrected chi connectivity index (χ0v) is 12.1. The molecule has 1 N–H and O–H groups in total. The molecule has 5 heteroatoms. The van der Waals surface area contributed by atoms with Crippen LogP contribution in [0.1, 0.15) is 6.92 Å². The molecular formula is C16H18N2O3. The Bertz CT molecular complexity index is 680. The summed E-state index contributed by atoms with van der Waals surface area (Å²) in [5, 5.41) is 11.2. The van der Waals surface area contributed by atoms with E-state index >= 15 is 0 Å². The normalized spacial score (nSPS) is 16.6. The van der Waals surface area contributed by atoms with Gasteiger partial charge in [-0.3, -0.25) is 4.79 Å². The first kappa shape index (κ1) is 13.7. The molecular weight excluding hydrogens is 268 g/mol. The minimum atomic E-state index is -0.729. The Balaban J connectivity index is 1.87. The summed E-state index contributed by atoms with van der Waals surface area (Å²) in [6.45, 7) is 3.23. The number of ether oxygens (including phenoxy) is 1. The van der Waals surface area contributed by atoms with Crippen molar-refractivity contribution in [3.8, 4) is 5.75 Å². The van der Waals surface area contributed by atoms with Gasteiger partial charge in [0.15, 0.2) is 0 Å². The molecule has 1 aliphatic rings. The highest BCUT2D eigenvalue weighted by molar-refractivity contribution is 5.93. The van der Waals surface area contributed by atoms with Crippen LogP contribution in [0.15, 0.2) is 30.5 Å². The number of fused-ring (bicyclic) bond motifs is 1. The second-order valence-electron chi connectivity index (χ2n) is 5.51. The van der Waals surface area contributed by atoms with E-state index in [0.29, 0.717) is 0 Å². The van der Waals surface area contributed by atoms with Crippen LogP contribution >= 0.6 is 0 Å². The van der Waals surface area contributed by atoms with Crippen molar-refractivity contribution in [2.24, 2.45) is 11.8 Å². The predicted molar refractivity (Wildman–Crippen MR) is 80.8 cm³/mol. The molecule has 3 rings (SSSR count). The van der Waals surface area contributed by atoms with E-state index in [2.05, 4.69) is 9.88 Å². The molecule has 1 unspecified atom stereocenters. The summed E-state index contributed by atoms with van der Waals surface area (Å²) in [6, 6.07) is 7.88. The van der Waals surface area contributed by atoms with Gasteiger partial charge in [0, 0.05) is 30.6 Å². The highest BCUT2D eigenvalue weighted by atomic mass is 16.5. The molecule has 1 aromatic carbocycles. The zero-order chi connectivity index (χ0) is 15.0. The van der Waals surface area contributed by atoms with Crippen LogP contribution in [0, 0.1) is 11.8 Å². The fraction of sp³-hybridized carbons (Fsp3) is 0.375. The molecule has 0 aliphatic carbocycles. The van der Waals surface area contributed by atoms with Gasteiger partial charge in [0.1, 0.15) is 11.6 Å². The molecule has 2 heterocycles. The highest BCUT2D eigenvalue weighted by Crippen LogP contribution is 2.34. The van der Waals surface area contributed by atoms with Crippen molar-refractivity contribution in [3.63, 3.8) is 0 Å². The Morgan fingerprint density at radius 2 is 2.19 bits per heavy atom. The van der Waals surface area contributed by atoms with Crippen LogP contribution in [0.4, 0.5) is 5.82 Å². The zero-order valence-electron chi connectivity index (χ0n) is 12.1. The number of methoxy groups -OCH3 is 1. The van der Waals surface area contributed by atoms with E-state index in [1.165, 1.54) is 0 Å². The van der Waals surface area contributed by atoms with Gasteiger partial charge < -0.3 is 14.7 Å². The number of hydrogen-bond acceptors (Lipinski definition) is 4. The number of carboxylic acid groups (broad SMARTS) is 1. The quantitative estimate of drug-likeness (QED) is 0.935. The Labute approximate surface area is 123 Å². The lowest BCUT2D eigenvalue weighted by molar-refractivity contribution is -0.143. The molecule has 1 aromatic heterocycles. The number of aromatic nitrogens is 1. The van der Waals surface area contributed by atoms with E-state index in [1.807, 2.05) is 24.3 Å². The van der Waals surface area contributed by atoms with Crippen LogP contribution in [0.3, 0.4) is 0 Å². The minimum absolute atomic E-state index is 0.185. The maximum Gasteiger partial charge on any atom is 0.306 e. The summed E-state index contributed by atoms with van der Waals surface area (Å²) in [5.41, 5.74) is 0. The van der Waals surface area contributed by atoms with E-state index in [-0.39, 0.29) is 11.8 Å². The Morgan fingerprint density at radius 1 is 1.43 bits per heavy atom. The fourth-order valence-electron chi connectivity index (χ4n) is 2.71. The lowest BCUT2D eigenvalue weighted by Crippen LogP contribution is -2.51. The fourth-order valence-corrected chi connectivity index (χ4v) is 2.71. The topological polar surface area (TPSA) is 62.7 Å². The third kappa shape index (κ3) is 2.39. The van der Waals surface area contributed by atoms with Crippen molar-refractivity contribution >= 4 is 22.6 Å². The van der Waals surface area contributed by atoms with Crippen molar-refractivity contribution in [2.75, 3.05) is 25.1 Å². The number of benzene rings is 1. The number of rotatable bonds is 4. The first-order valence-corrected chi connectivity index (χ1v) is 7.00. The molecule has 1 saturated heterocycles. The largest absolute Gasteiger partial charge is 0.497 e. The molecule has 110 valence electrons. The van der Waals surface area contributed by atoms with Crippen molar-refractivity contribution < 1.29 is 14.6 Å². The number of pyridine rings is 1. The number of nitrogens with zero attached hydrogens (tertiary/aromatic N) is 2. The van der Waals surface area contributed by atoms with Crippen LogP contribution in [-0.4, -0.2) is 36.3 Å². The molecule has 1 atom stereocenters. The maximum absolute atomic E-state index is 11.0. The lowest BCUT2D eigenvalue weighted by Gasteiger charge is -2.42. The molecule has 2 aromatic rings. The van der Waals surface area contributed by atoms with Gasteiger partial charge in [-0.15, -0.1) is 0 Å². The van der Waals surface area contributed by atoms with E-state index in [9.17, 15) is 4.79 Å². The van der Waals surface area contributed by atoms with Gasteiger partial charge in [0.25, 0.3) is 0 Å². The third-order valence-corrected chi connectivity index (χ3v) is 4.26. The summed E-state index contributed by atoms with van der Waals surface area (Å²) in [5.74, 6) is 0.844. The molecule has 1 fully saturated rings. The molecule has 0 radical (unpaired) electrons. The Hall–Kier alpha value is -2.30. The van der Waals surface area contributed by atoms with Crippen molar-refractivity contribution in [1.29, 1.82) is 0 Å². The number of carboxylic acids is 1. The number of anilines is 1. The summed E-state index contributed by atoms with van der Waals surface area (Å²) in [7, 11) is 1.64. The average molecular weight is 286 g/mol. The molecule has 0 spiro atoms. The van der Waals surface area contributed by atoms with Gasteiger partial charge in [0.2, 0.25) is 0 Å². The van der Waals surface area contributed by atoms with Crippen molar-refractivity contribution in [2.45, 2.75) is 6.92 Å². The first-order chi connectivity index (χ1) is 10.1. The van der Waals surface area contributed by atoms with Gasteiger partial charge in [-0.05, 0) is 23.6 Å². The standard InChI is InChI=1S/C16H18N2O3/c1-10(16(19)20)12-8-18(9-12)15-14-7-13(21-2)4-3-11(14)5-6-17-15/h3-7,10,12H,8-9H2,1-2H3,(H,19,20). The van der Waals surface area contributed by atoms with E-state index < -0.39 is 5.97 Å². The van der Waals surface area contributed by atoms with Gasteiger partial charge in [0.05, 0.1) is 13.0 Å². The molecule has 1 aliphatic heterocycles. The van der Waals surface area contributed by atoms with Crippen molar-refractivity contribution in [1.82, 2.24) is 4.98 Å². The van der Waals surface area contributed by atoms with E-state index in [4.69, 9.17) is 9.84 Å². The Kier molecular flexibility index (Phi) is 3.41. The monoisotopic (exact) mass is 286 g/mol. The SMILES string of the molecule is COc1ccc2ccnc(N3CC(C(C)C(=O)O)C3)c2c1. The Morgan fingerprint density at radius 3 is 2.86 bits per heavy atom. The molecule has 0 amide bonds. The third-order valence-electron chi connectivity index (χ3n) is 4.26. The van der Waals surface area contributed by atoms with Crippen LogP contribution < -0.4 is 9.64 Å². The van der Waals surface area contributed by atoms with E-state index in [1.54, 1.807) is 20.2 Å². The van der Waals surface area contributed by atoms with Crippen LogP contribution in [0.5, 0.6) is 5.75 Å². The maximum atomic E-state index is 11.0. The summed E-state index contributed by atoms with van der Waals surface area (Å²) in [4.78, 5) is 17.6. The minimum Gasteiger partial charge on any atom is -0.497 e. The van der Waals surface area contributed by atoms with Gasteiger partial charge >= 0.3 is 5.97 Å². The van der Waals surface area contributed by atoms with Gasteiger partial charge in [-0.2, -0.15) is 0 Å². The molecule has 0 saturated carbocycles. The average Bonchev–Trinajstić information content (AvgIpc) is 2.45. The lowest BCUT2D eigenvalue weighted by atomic mass is 9.87. The number of carbonyl (C=O) groups is 1. The second-order valence-corrected chi connectivity index (χ2v) is 5.51. The second kappa shape index (κ2) is 5.24.